The van der Waals surface area contributed by atoms with Gasteiger partial charge in [-0.2, -0.15) is 0 Å². The Bertz CT molecular complexity index is 1040. The largest absolute Gasteiger partial charge is 0.378 e. The summed E-state index contributed by atoms with van der Waals surface area (Å²) in [6.07, 6.45) is 6.45. The van der Waals surface area contributed by atoms with Crippen molar-refractivity contribution in [1.82, 2.24) is 0 Å². The van der Waals surface area contributed by atoms with Crippen LogP contribution in [0.4, 0.5) is 11.4 Å². The van der Waals surface area contributed by atoms with Crippen LogP contribution in [0.1, 0.15) is 43.2 Å². The Morgan fingerprint density at radius 2 is 1.45 bits per heavy atom. The molecule has 0 atom stereocenters. The van der Waals surface area contributed by atoms with Crippen molar-refractivity contribution < 1.29 is 0 Å². The third-order valence-electron chi connectivity index (χ3n) is 6.89. The first kappa shape index (κ1) is 23.1. The maximum atomic E-state index is 5.94. The van der Waals surface area contributed by atoms with E-state index in [1.165, 1.54) is 65.9 Å². The van der Waals surface area contributed by atoms with E-state index in [0.717, 1.165) is 12.1 Å². The second-order valence-electron chi connectivity index (χ2n) is 9.42. The van der Waals surface area contributed by atoms with E-state index < -0.39 is 0 Å². The first-order valence-corrected chi connectivity index (χ1v) is 12.2. The van der Waals surface area contributed by atoms with Gasteiger partial charge in [-0.3, -0.25) is 0 Å². The molecule has 0 radical (unpaired) electrons. The van der Waals surface area contributed by atoms with Crippen LogP contribution in [0.3, 0.4) is 0 Å². The molecule has 0 saturated heterocycles. The molecule has 1 aliphatic carbocycles. The highest BCUT2D eigenvalue weighted by Gasteiger charge is 2.22. The van der Waals surface area contributed by atoms with Crippen LogP contribution in [0.15, 0.2) is 85.1 Å². The lowest BCUT2D eigenvalue weighted by Crippen LogP contribution is -2.27. The highest BCUT2D eigenvalue weighted by atomic mass is 15.1. The molecular weight excluding hydrogens is 402 g/mol. The van der Waals surface area contributed by atoms with Crippen LogP contribution in [0, 0.1) is 5.92 Å². The van der Waals surface area contributed by atoms with Crippen molar-refractivity contribution in [3.63, 3.8) is 0 Å². The van der Waals surface area contributed by atoms with Gasteiger partial charge in [0.15, 0.2) is 0 Å². The van der Waals surface area contributed by atoms with E-state index in [2.05, 4.69) is 103 Å². The number of nitrogens with two attached hydrogens (primary N) is 1. The topological polar surface area (TPSA) is 32.5 Å². The molecule has 172 valence electrons. The fourth-order valence-corrected chi connectivity index (χ4v) is 4.80. The Morgan fingerprint density at radius 3 is 2.06 bits per heavy atom. The van der Waals surface area contributed by atoms with Gasteiger partial charge in [-0.05, 0) is 65.3 Å². The fraction of sp³-hybridized carbons (Fsp3) is 0.333. The van der Waals surface area contributed by atoms with Crippen molar-refractivity contribution >= 4 is 11.4 Å². The highest BCUT2D eigenvalue weighted by Crippen LogP contribution is 2.34. The van der Waals surface area contributed by atoms with Gasteiger partial charge in [0.2, 0.25) is 0 Å². The zero-order chi connectivity index (χ0) is 23.2. The first-order chi connectivity index (χ1) is 16.0. The van der Waals surface area contributed by atoms with Gasteiger partial charge in [-0.25, -0.2) is 0 Å². The number of nitrogens with zero attached hydrogens (tertiary/aromatic N) is 2. The number of benzene rings is 3. The summed E-state index contributed by atoms with van der Waals surface area (Å²) in [4.78, 5) is 4.54. The average molecular weight is 440 g/mol. The van der Waals surface area contributed by atoms with Crippen molar-refractivity contribution in [3.8, 4) is 11.1 Å². The summed E-state index contributed by atoms with van der Waals surface area (Å²) in [5.41, 5.74) is 14.5. The van der Waals surface area contributed by atoms with Gasteiger partial charge in [0, 0.05) is 44.3 Å². The second kappa shape index (κ2) is 10.7. The zero-order valence-electron chi connectivity index (χ0n) is 20.1. The summed E-state index contributed by atoms with van der Waals surface area (Å²) in [7, 11) is 4.14. The maximum absolute atomic E-state index is 5.94. The second-order valence-corrected chi connectivity index (χ2v) is 9.42. The average Bonchev–Trinajstić information content (AvgIpc) is 2.88. The number of hydrogen-bond acceptors (Lipinski definition) is 3. The van der Waals surface area contributed by atoms with Crippen LogP contribution in [-0.2, 0) is 13.1 Å². The van der Waals surface area contributed by atoms with Crippen LogP contribution < -0.4 is 15.5 Å². The van der Waals surface area contributed by atoms with Crippen molar-refractivity contribution in [2.24, 2.45) is 11.7 Å². The smallest absolute Gasteiger partial charge is 0.0478 e. The summed E-state index contributed by atoms with van der Waals surface area (Å²) in [5.74, 6) is 0.565. The van der Waals surface area contributed by atoms with E-state index in [9.17, 15) is 0 Å². The molecule has 3 nitrogen and oxygen atoms in total. The Morgan fingerprint density at radius 1 is 0.818 bits per heavy atom. The van der Waals surface area contributed by atoms with Crippen LogP contribution in [0.25, 0.3) is 11.1 Å². The summed E-state index contributed by atoms with van der Waals surface area (Å²) < 4.78 is 0. The van der Waals surface area contributed by atoms with Crippen molar-refractivity contribution in [3.05, 3.63) is 96.2 Å². The highest BCUT2D eigenvalue weighted by molar-refractivity contribution is 5.66. The molecule has 2 N–H and O–H groups in total. The van der Waals surface area contributed by atoms with E-state index >= 15 is 0 Å². The van der Waals surface area contributed by atoms with Crippen molar-refractivity contribution in [1.29, 1.82) is 0 Å². The molecule has 33 heavy (non-hydrogen) atoms. The predicted octanol–water partition coefficient (Wildman–Crippen LogP) is 6.98. The molecule has 1 saturated carbocycles. The molecule has 0 unspecified atom stereocenters. The van der Waals surface area contributed by atoms with Gasteiger partial charge >= 0.3 is 0 Å². The lowest BCUT2D eigenvalue weighted by Gasteiger charge is -2.34. The number of rotatable bonds is 8. The normalized spacial score (nSPS) is 14.2. The van der Waals surface area contributed by atoms with Gasteiger partial charge in [0.05, 0.1) is 0 Å². The quantitative estimate of drug-likeness (QED) is 0.411. The van der Waals surface area contributed by atoms with E-state index in [0.29, 0.717) is 12.5 Å². The maximum Gasteiger partial charge on any atom is 0.0478 e. The van der Waals surface area contributed by atoms with E-state index in [4.69, 9.17) is 5.73 Å². The molecule has 0 amide bonds. The summed E-state index contributed by atoms with van der Waals surface area (Å²) >= 11 is 0. The lowest BCUT2D eigenvalue weighted by atomic mass is 9.86. The summed E-state index contributed by atoms with van der Waals surface area (Å²) in [6, 6.07) is 26.3. The summed E-state index contributed by atoms with van der Waals surface area (Å²) in [5, 5.41) is 0. The Labute approximate surface area is 199 Å². The van der Waals surface area contributed by atoms with Crippen molar-refractivity contribution in [2.75, 3.05) is 23.9 Å². The molecular formula is C30H37N3. The molecule has 1 aliphatic rings. The number of allylic oxidation sites excluding steroid dienone is 1. The van der Waals surface area contributed by atoms with E-state index in [-0.39, 0.29) is 0 Å². The predicted molar refractivity (Wildman–Crippen MR) is 142 cm³/mol. The third-order valence-corrected chi connectivity index (χ3v) is 6.89. The molecule has 0 aromatic heterocycles. The fourth-order valence-electron chi connectivity index (χ4n) is 4.80. The molecule has 4 rings (SSSR count). The summed E-state index contributed by atoms with van der Waals surface area (Å²) in [6.45, 7) is 5.96. The Hall–Kier alpha value is -3.04. The number of hydrogen-bond donors (Lipinski definition) is 1. The van der Waals surface area contributed by atoms with Gasteiger partial charge in [0.25, 0.3) is 0 Å². The SMILES string of the molecule is C=C(C1CCCCC1)N(Cc1ccc(-c2ccc(N(C)C)cc2)cc1)c1cccc(CN)c1. The first-order valence-electron chi connectivity index (χ1n) is 12.2. The molecule has 0 bridgehead atoms. The van der Waals surface area contributed by atoms with Gasteiger partial charge in [0.1, 0.15) is 0 Å². The molecule has 0 spiro atoms. The minimum absolute atomic E-state index is 0.554. The molecule has 0 aliphatic heterocycles. The van der Waals surface area contributed by atoms with Gasteiger partial charge < -0.3 is 15.5 Å². The molecule has 0 heterocycles. The Balaban J connectivity index is 1.56. The van der Waals surface area contributed by atoms with Crippen LogP contribution in [0.5, 0.6) is 0 Å². The van der Waals surface area contributed by atoms with Gasteiger partial charge in [-0.15, -0.1) is 0 Å². The van der Waals surface area contributed by atoms with Crippen LogP contribution in [0.2, 0.25) is 0 Å². The van der Waals surface area contributed by atoms with E-state index in [1.54, 1.807) is 0 Å². The molecule has 1 fully saturated rings. The van der Waals surface area contributed by atoms with E-state index in [1.807, 2.05) is 0 Å². The minimum Gasteiger partial charge on any atom is -0.378 e. The van der Waals surface area contributed by atoms with Crippen LogP contribution >= 0.6 is 0 Å². The van der Waals surface area contributed by atoms with Gasteiger partial charge in [-0.1, -0.05) is 74.4 Å². The molecule has 3 aromatic rings. The minimum atomic E-state index is 0.554. The Kier molecular flexibility index (Phi) is 7.51. The number of anilines is 2. The lowest BCUT2D eigenvalue weighted by molar-refractivity contribution is 0.396. The standard InChI is InChI=1S/C30H37N3/c1-23(26-9-5-4-6-10-26)33(30-11-7-8-25(20-30)21-31)22-24-12-14-27(15-13-24)28-16-18-29(19-17-28)32(2)3/h7-8,11-20,26H,1,4-6,9-10,21-22,31H2,2-3H3. The third kappa shape index (κ3) is 5.66. The molecule has 3 aromatic carbocycles. The van der Waals surface area contributed by atoms with Crippen LogP contribution in [-0.4, -0.2) is 14.1 Å². The van der Waals surface area contributed by atoms with Crippen molar-refractivity contribution in [2.45, 2.75) is 45.2 Å². The monoisotopic (exact) mass is 439 g/mol. The molecule has 3 heteroatoms. The zero-order valence-corrected chi connectivity index (χ0v) is 20.1.